The van der Waals surface area contributed by atoms with E-state index in [0.717, 1.165) is 18.2 Å². The molecule has 0 amide bonds. The predicted octanol–water partition coefficient (Wildman–Crippen LogP) is 3.78. The van der Waals surface area contributed by atoms with Crippen molar-refractivity contribution in [1.29, 1.82) is 0 Å². The van der Waals surface area contributed by atoms with Gasteiger partial charge in [0.25, 0.3) is 0 Å². The van der Waals surface area contributed by atoms with E-state index in [4.69, 9.17) is 0 Å². The maximum Gasteiger partial charge on any atom is 0.0541 e. The third-order valence-corrected chi connectivity index (χ3v) is 4.15. The van der Waals surface area contributed by atoms with E-state index < -0.39 is 0 Å². The summed E-state index contributed by atoms with van der Waals surface area (Å²) in [5, 5.41) is 3.73. The highest BCUT2D eigenvalue weighted by Gasteiger charge is 2.33. The first kappa shape index (κ1) is 13.5. The summed E-state index contributed by atoms with van der Waals surface area (Å²) in [6, 6.07) is 6.79. The number of pyridine rings is 1. The standard InChI is InChI=1S/C16H26N2/c1-16(2,3)14-9-4-5-10-15(14)18-12-13-8-6-7-11-17-13/h6-8,11,14-15,18H,4-5,9-10,12H2,1-3H3. The summed E-state index contributed by atoms with van der Waals surface area (Å²) < 4.78 is 0. The second-order valence-electron chi connectivity index (χ2n) is 6.57. The third-order valence-electron chi connectivity index (χ3n) is 4.15. The Kier molecular flexibility index (Phi) is 4.39. The molecule has 2 heteroatoms. The Bertz CT molecular complexity index is 353. The quantitative estimate of drug-likeness (QED) is 0.878. The summed E-state index contributed by atoms with van der Waals surface area (Å²) in [4.78, 5) is 4.39. The van der Waals surface area contributed by atoms with Gasteiger partial charge >= 0.3 is 0 Å². The lowest BCUT2D eigenvalue weighted by Crippen LogP contribution is -2.44. The SMILES string of the molecule is CC(C)(C)C1CCCCC1NCc1ccccn1. The van der Waals surface area contributed by atoms with Crippen molar-refractivity contribution in [3.63, 3.8) is 0 Å². The molecule has 2 atom stereocenters. The number of aromatic nitrogens is 1. The van der Waals surface area contributed by atoms with E-state index in [1.165, 1.54) is 25.7 Å². The van der Waals surface area contributed by atoms with Crippen molar-refractivity contribution < 1.29 is 0 Å². The van der Waals surface area contributed by atoms with Crippen LogP contribution in [0.2, 0.25) is 0 Å². The fraction of sp³-hybridized carbons (Fsp3) is 0.688. The molecule has 100 valence electrons. The minimum Gasteiger partial charge on any atom is -0.308 e. The van der Waals surface area contributed by atoms with Gasteiger partial charge in [0.1, 0.15) is 0 Å². The van der Waals surface area contributed by atoms with Crippen LogP contribution in [0.4, 0.5) is 0 Å². The maximum atomic E-state index is 4.39. The van der Waals surface area contributed by atoms with Crippen LogP contribution >= 0.6 is 0 Å². The molecule has 1 N–H and O–H groups in total. The summed E-state index contributed by atoms with van der Waals surface area (Å²) in [6.07, 6.45) is 7.31. The van der Waals surface area contributed by atoms with Crippen LogP contribution in [-0.2, 0) is 6.54 Å². The van der Waals surface area contributed by atoms with Gasteiger partial charge in [-0.2, -0.15) is 0 Å². The Hall–Kier alpha value is -0.890. The van der Waals surface area contributed by atoms with Gasteiger partial charge in [-0.15, -0.1) is 0 Å². The largest absolute Gasteiger partial charge is 0.308 e. The van der Waals surface area contributed by atoms with Crippen LogP contribution in [-0.4, -0.2) is 11.0 Å². The highest BCUT2D eigenvalue weighted by Crippen LogP contribution is 2.38. The molecule has 0 radical (unpaired) electrons. The van der Waals surface area contributed by atoms with Gasteiger partial charge in [-0.05, 0) is 36.3 Å². The van der Waals surface area contributed by atoms with Crippen molar-refractivity contribution >= 4 is 0 Å². The Morgan fingerprint density at radius 1 is 1.22 bits per heavy atom. The fourth-order valence-corrected chi connectivity index (χ4v) is 3.15. The van der Waals surface area contributed by atoms with Crippen LogP contribution in [0.3, 0.4) is 0 Å². The van der Waals surface area contributed by atoms with Crippen LogP contribution in [0.25, 0.3) is 0 Å². The molecule has 2 rings (SSSR count). The molecule has 1 aliphatic rings. The van der Waals surface area contributed by atoms with Crippen molar-refractivity contribution in [2.75, 3.05) is 0 Å². The molecule has 1 aromatic heterocycles. The van der Waals surface area contributed by atoms with Crippen molar-refractivity contribution in [2.45, 2.75) is 59.0 Å². The van der Waals surface area contributed by atoms with Crippen molar-refractivity contribution in [3.8, 4) is 0 Å². The molecule has 0 bridgehead atoms. The van der Waals surface area contributed by atoms with E-state index in [1.54, 1.807) is 0 Å². The van der Waals surface area contributed by atoms with Gasteiger partial charge in [-0.25, -0.2) is 0 Å². The first-order valence-corrected chi connectivity index (χ1v) is 7.20. The van der Waals surface area contributed by atoms with Gasteiger partial charge in [-0.3, -0.25) is 4.98 Å². The van der Waals surface area contributed by atoms with Crippen molar-refractivity contribution in [2.24, 2.45) is 11.3 Å². The number of nitrogens with zero attached hydrogens (tertiary/aromatic N) is 1. The zero-order chi connectivity index (χ0) is 13.0. The van der Waals surface area contributed by atoms with Crippen LogP contribution in [0.15, 0.2) is 24.4 Å². The minimum absolute atomic E-state index is 0.405. The van der Waals surface area contributed by atoms with Crippen LogP contribution in [0.1, 0.15) is 52.1 Å². The molecular weight excluding hydrogens is 220 g/mol. The second kappa shape index (κ2) is 5.83. The summed E-state index contributed by atoms with van der Waals surface area (Å²) >= 11 is 0. The number of hydrogen-bond acceptors (Lipinski definition) is 2. The highest BCUT2D eigenvalue weighted by molar-refractivity contribution is 5.03. The van der Waals surface area contributed by atoms with Crippen LogP contribution in [0, 0.1) is 11.3 Å². The second-order valence-corrected chi connectivity index (χ2v) is 6.57. The van der Waals surface area contributed by atoms with E-state index in [2.05, 4.69) is 43.2 Å². The molecular formula is C16H26N2. The Balaban J connectivity index is 1.94. The first-order valence-electron chi connectivity index (χ1n) is 7.20. The Morgan fingerprint density at radius 2 is 2.00 bits per heavy atom. The van der Waals surface area contributed by atoms with E-state index in [-0.39, 0.29) is 0 Å². The topological polar surface area (TPSA) is 24.9 Å². The fourth-order valence-electron chi connectivity index (χ4n) is 3.15. The first-order chi connectivity index (χ1) is 8.57. The molecule has 2 nitrogen and oxygen atoms in total. The molecule has 1 aromatic rings. The molecule has 0 aliphatic heterocycles. The average molecular weight is 246 g/mol. The zero-order valence-electron chi connectivity index (χ0n) is 11.9. The van der Waals surface area contributed by atoms with Crippen LogP contribution in [0.5, 0.6) is 0 Å². The smallest absolute Gasteiger partial charge is 0.0541 e. The monoisotopic (exact) mass is 246 g/mol. The summed E-state index contributed by atoms with van der Waals surface area (Å²) in [7, 11) is 0. The molecule has 0 spiro atoms. The van der Waals surface area contributed by atoms with Crippen molar-refractivity contribution in [1.82, 2.24) is 10.3 Å². The minimum atomic E-state index is 0.405. The van der Waals surface area contributed by atoms with Gasteiger partial charge in [-0.1, -0.05) is 39.7 Å². The van der Waals surface area contributed by atoms with Crippen LogP contribution < -0.4 is 5.32 Å². The predicted molar refractivity (Wildman–Crippen MR) is 76.3 cm³/mol. The lowest BCUT2D eigenvalue weighted by Gasteiger charge is -2.41. The third kappa shape index (κ3) is 3.55. The molecule has 18 heavy (non-hydrogen) atoms. The molecule has 1 aliphatic carbocycles. The number of nitrogens with one attached hydrogen (secondary N) is 1. The summed E-state index contributed by atoms with van der Waals surface area (Å²) in [5.41, 5.74) is 1.55. The molecule has 0 saturated heterocycles. The summed E-state index contributed by atoms with van der Waals surface area (Å²) in [5.74, 6) is 0.787. The van der Waals surface area contributed by atoms with Gasteiger partial charge in [0.15, 0.2) is 0 Å². The Morgan fingerprint density at radius 3 is 2.67 bits per heavy atom. The maximum absolute atomic E-state index is 4.39. The summed E-state index contributed by atoms with van der Waals surface area (Å²) in [6.45, 7) is 8.02. The molecule has 2 unspecified atom stereocenters. The van der Waals surface area contributed by atoms with Gasteiger partial charge < -0.3 is 5.32 Å². The number of rotatable bonds is 3. The van der Waals surface area contributed by atoms with E-state index >= 15 is 0 Å². The van der Waals surface area contributed by atoms with Crippen molar-refractivity contribution in [3.05, 3.63) is 30.1 Å². The average Bonchev–Trinajstić information content (AvgIpc) is 2.37. The normalized spacial score (nSPS) is 25.1. The Labute approximate surface area is 111 Å². The van der Waals surface area contributed by atoms with E-state index in [0.29, 0.717) is 11.5 Å². The van der Waals surface area contributed by atoms with E-state index in [1.807, 2.05) is 12.3 Å². The molecule has 1 fully saturated rings. The molecule has 1 heterocycles. The van der Waals surface area contributed by atoms with Gasteiger partial charge in [0, 0.05) is 18.8 Å². The van der Waals surface area contributed by atoms with Gasteiger partial charge in [0.2, 0.25) is 0 Å². The van der Waals surface area contributed by atoms with Gasteiger partial charge in [0.05, 0.1) is 5.69 Å². The lowest BCUT2D eigenvalue weighted by molar-refractivity contribution is 0.130. The zero-order valence-corrected chi connectivity index (χ0v) is 11.9. The number of hydrogen-bond donors (Lipinski definition) is 1. The molecule has 1 saturated carbocycles. The highest BCUT2D eigenvalue weighted by atomic mass is 14.9. The lowest BCUT2D eigenvalue weighted by atomic mass is 9.69. The molecule has 0 aromatic carbocycles. The van der Waals surface area contributed by atoms with E-state index in [9.17, 15) is 0 Å².